The number of carbonyl (C=O) groups is 1. The highest BCUT2D eigenvalue weighted by Gasteiger charge is 2.15. The molecule has 0 fully saturated rings. The summed E-state index contributed by atoms with van der Waals surface area (Å²) >= 11 is 0. The first-order valence-electron chi connectivity index (χ1n) is 7.78. The molecule has 0 radical (unpaired) electrons. The molecule has 7 nitrogen and oxygen atoms in total. The Hall–Kier alpha value is -3.35. The molecule has 1 unspecified atom stereocenters. The average Bonchev–Trinajstić information content (AvgIpc) is 3.12. The van der Waals surface area contributed by atoms with Crippen molar-refractivity contribution in [2.24, 2.45) is 5.73 Å². The van der Waals surface area contributed by atoms with E-state index in [2.05, 4.69) is 15.5 Å². The maximum atomic E-state index is 10.7. The van der Waals surface area contributed by atoms with Crippen molar-refractivity contribution < 1.29 is 14.1 Å². The quantitative estimate of drug-likeness (QED) is 0.686. The van der Waals surface area contributed by atoms with Crippen LogP contribution in [0.15, 0.2) is 59.1 Å². The fourth-order valence-electron chi connectivity index (χ4n) is 2.23. The molecule has 0 spiro atoms. The molecule has 0 aliphatic heterocycles. The summed E-state index contributed by atoms with van der Waals surface area (Å²) in [4.78, 5) is 15.1. The van der Waals surface area contributed by atoms with Gasteiger partial charge in [0.2, 0.25) is 11.7 Å². The predicted octanol–water partition coefficient (Wildman–Crippen LogP) is 2.77. The number of nitrogens with zero attached hydrogens (tertiary/aromatic N) is 2. The Morgan fingerprint density at radius 2 is 1.92 bits per heavy atom. The first-order valence-corrected chi connectivity index (χ1v) is 7.78. The molecular formula is C18H18N4O3. The van der Waals surface area contributed by atoms with Gasteiger partial charge in [-0.3, -0.25) is 4.79 Å². The maximum Gasteiger partial charge on any atom is 0.255 e. The normalized spacial score (nSPS) is 11.7. The van der Waals surface area contributed by atoms with Crippen molar-refractivity contribution in [1.29, 1.82) is 0 Å². The van der Waals surface area contributed by atoms with Crippen molar-refractivity contribution >= 4 is 11.6 Å². The van der Waals surface area contributed by atoms with Crippen LogP contribution in [0.3, 0.4) is 0 Å². The van der Waals surface area contributed by atoms with Crippen molar-refractivity contribution in [3.05, 3.63) is 60.5 Å². The van der Waals surface area contributed by atoms with E-state index in [0.717, 1.165) is 11.3 Å². The van der Waals surface area contributed by atoms with Gasteiger partial charge in [-0.15, -0.1) is 0 Å². The van der Waals surface area contributed by atoms with Gasteiger partial charge in [0.25, 0.3) is 5.91 Å². The molecule has 1 amide bonds. The van der Waals surface area contributed by atoms with E-state index in [1.54, 1.807) is 12.1 Å². The van der Waals surface area contributed by atoms with Crippen LogP contribution in [0.5, 0.6) is 5.75 Å². The second kappa shape index (κ2) is 7.48. The molecule has 1 heterocycles. The van der Waals surface area contributed by atoms with E-state index in [4.69, 9.17) is 15.0 Å². The molecular weight excluding hydrogens is 320 g/mol. The molecule has 0 saturated heterocycles. The number of hydrogen-bond donors (Lipinski definition) is 2. The van der Waals surface area contributed by atoms with Gasteiger partial charge in [0.1, 0.15) is 11.8 Å². The summed E-state index contributed by atoms with van der Waals surface area (Å²) in [5.74, 6) is 1.11. The van der Waals surface area contributed by atoms with E-state index in [-0.39, 0.29) is 12.6 Å². The Bertz CT molecular complexity index is 831. The van der Waals surface area contributed by atoms with Gasteiger partial charge in [-0.05, 0) is 31.2 Å². The van der Waals surface area contributed by atoms with Crippen molar-refractivity contribution in [2.45, 2.75) is 13.0 Å². The molecule has 1 aromatic heterocycles. The van der Waals surface area contributed by atoms with Crippen LogP contribution in [-0.2, 0) is 4.79 Å². The number of carbonyl (C=O) groups excluding carboxylic acids is 1. The third-order valence-corrected chi connectivity index (χ3v) is 3.46. The number of benzene rings is 2. The second-order valence-electron chi connectivity index (χ2n) is 5.47. The molecule has 1 atom stereocenters. The van der Waals surface area contributed by atoms with Gasteiger partial charge >= 0.3 is 0 Å². The van der Waals surface area contributed by atoms with E-state index in [9.17, 15) is 4.79 Å². The Balaban J connectivity index is 1.63. The molecule has 2 aromatic carbocycles. The van der Waals surface area contributed by atoms with Crippen molar-refractivity contribution in [2.75, 3.05) is 11.9 Å². The van der Waals surface area contributed by atoms with Crippen molar-refractivity contribution in [3.8, 4) is 17.1 Å². The number of rotatable bonds is 7. The van der Waals surface area contributed by atoms with Gasteiger partial charge in [-0.2, -0.15) is 4.98 Å². The standard InChI is InChI=1S/C18H18N4O3/c1-12(18-21-17(22-25-18)13-5-3-2-4-6-13)20-14-7-9-15(10-8-14)24-11-16(19)23/h2-10,12,20H,11H2,1H3,(H2,19,23). The van der Waals surface area contributed by atoms with Crippen molar-refractivity contribution in [3.63, 3.8) is 0 Å². The highest BCUT2D eigenvalue weighted by Crippen LogP contribution is 2.23. The van der Waals surface area contributed by atoms with E-state index in [1.165, 1.54) is 0 Å². The number of nitrogens with two attached hydrogens (primary N) is 1. The molecule has 25 heavy (non-hydrogen) atoms. The van der Waals surface area contributed by atoms with E-state index < -0.39 is 5.91 Å². The zero-order valence-electron chi connectivity index (χ0n) is 13.7. The lowest BCUT2D eigenvalue weighted by Gasteiger charge is -2.11. The average molecular weight is 338 g/mol. The second-order valence-corrected chi connectivity index (χ2v) is 5.47. The van der Waals surface area contributed by atoms with Gasteiger partial charge in [0, 0.05) is 11.3 Å². The number of amides is 1. The van der Waals surface area contributed by atoms with Gasteiger partial charge in [0.15, 0.2) is 6.61 Å². The van der Waals surface area contributed by atoms with E-state index in [0.29, 0.717) is 17.5 Å². The molecule has 128 valence electrons. The van der Waals surface area contributed by atoms with E-state index in [1.807, 2.05) is 49.4 Å². The summed E-state index contributed by atoms with van der Waals surface area (Å²) in [6.07, 6.45) is 0. The Morgan fingerprint density at radius 1 is 1.20 bits per heavy atom. The van der Waals surface area contributed by atoms with Crippen LogP contribution in [0.4, 0.5) is 5.69 Å². The third-order valence-electron chi connectivity index (χ3n) is 3.46. The number of aromatic nitrogens is 2. The summed E-state index contributed by atoms with van der Waals surface area (Å²) in [5, 5.41) is 7.29. The molecule has 7 heteroatoms. The minimum Gasteiger partial charge on any atom is -0.484 e. The zero-order valence-corrected chi connectivity index (χ0v) is 13.7. The number of hydrogen-bond acceptors (Lipinski definition) is 6. The fraction of sp³-hybridized carbons (Fsp3) is 0.167. The van der Waals surface area contributed by atoms with Crippen LogP contribution in [0, 0.1) is 0 Å². The highest BCUT2D eigenvalue weighted by molar-refractivity contribution is 5.75. The summed E-state index contributed by atoms with van der Waals surface area (Å²) < 4.78 is 10.6. The predicted molar refractivity (Wildman–Crippen MR) is 92.9 cm³/mol. The molecule has 3 rings (SSSR count). The van der Waals surface area contributed by atoms with Crippen LogP contribution < -0.4 is 15.8 Å². The lowest BCUT2D eigenvalue weighted by Crippen LogP contribution is -2.19. The van der Waals surface area contributed by atoms with Gasteiger partial charge < -0.3 is 20.3 Å². The van der Waals surface area contributed by atoms with Crippen LogP contribution >= 0.6 is 0 Å². The monoisotopic (exact) mass is 338 g/mol. The highest BCUT2D eigenvalue weighted by atomic mass is 16.5. The number of ether oxygens (including phenoxy) is 1. The molecule has 0 bridgehead atoms. The topological polar surface area (TPSA) is 103 Å². The van der Waals surface area contributed by atoms with Gasteiger partial charge in [-0.1, -0.05) is 35.5 Å². The Kier molecular flexibility index (Phi) is 4.94. The molecule has 3 N–H and O–H groups in total. The molecule has 0 aliphatic rings. The Morgan fingerprint density at radius 3 is 2.60 bits per heavy atom. The Labute approximate surface area is 144 Å². The lowest BCUT2D eigenvalue weighted by molar-refractivity contribution is -0.119. The van der Waals surface area contributed by atoms with Crippen molar-refractivity contribution in [1.82, 2.24) is 10.1 Å². The lowest BCUT2D eigenvalue weighted by atomic mass is 10.2. The maximum absolute atomic E-state index is 10.7. The van der Waals surface area contributed by atoms with Gasteiger partial charge in [0.05, 0.1) is 0 Å². The van der Waals surface area contributed by atoms with Gasteiger partial charge in [-0.25, -0.2) is 0 Å². The molecule has 3 aromatic rings. The number of nitrogens with one attached hydrogen (secondary N) is 1. The summed E-state index contributed by atoms with van der Waals surface area (Å²) in [6, 6.07) is 16.7. The first kappa shape index (κ1) is 16.5. The number of primary amides is 1. The zero-order chi connectivity index (χ0) is 17.6. The van der Waals surface area contributed by atoms with Crippen LogP contribution in [0.1, 0.15) is 18.9 Å². The van der Waals surface area contributed by atoms with Crippen LogP contribution in [-0.4, -0.2) is 22.7 Å². The van der Waals surface area contributed by atoms with E-state index >= 15 is 0 Å². The number of anilines is 1. The van der Waals surface area contributed by atoms with Crippen LogP contribution in [0.2, 0.25) is 0 Å². The molecule has 0 aliphatic carbocycles. The smallest absolute Gasteiger partial charge is 0.255 e. The first-order chi connectivity index (χ1) is 12.1. The summed E-state index contributed by atoms with van der Waals surface area (Å²) in [5.41, 5.74) is 6.81. The summed E-state index contributed by atoms with van der Waals surface area (Å²) in [7, 11) is 0. The molecule has 0 saturated carbocycles. The third kappa shape index (κ3) is 4.35. The fourth-order valence-corrected chi connectivity index (χ4v) is 2.23. The minimum absolute atomic E-state index is 0.145. The largest absolute Gasteiger partial charge is 0.484 e. The minimum atomic E-state index is -0.513. The van der Waals surface area contributed by atoms with Crippen LogP contribution in [0.25, 0.3) is 11.4 Å². The SMILES string of the molecule is CC(Nc1ccc(OCC(N)=O)cc1)c1nc(-c2ccccc2)no1. The summed E-state index contributed by atoms with van der Waals surface area (Å²) in [6.45, 7) is 1.78.